The number of hydrogen-bond acceptors (Lipinski definition) is 1. The van der Waals surface area contributed by atoms with Crippen LogP contribution in [-0.4, -0.2) is 6.10 Å². The van der Waals surface area contributed by atoms with Crippen LogP contribution in [0.15, 0.2) is 30.3 Å². The van der Waals surface area contributed by atoms with Crippen molar-refractivity contribution in [2.45, 2.75) is 58.5 Å². The molecule has 1 saturated carbocycles. The second-order valence-electron chi connectivity index (χ2n) is 4.40. The first-order valence-corrected chi connectivity index (χ1v) is 6.58. The van der Waals surface area contributed by atoms with E-state index in [4.69, 9.17) is 4.74 Å². The molecule has 1 aromatic carbocycles. The summed E-state index contributed by atoms with van der Waals surface area (Å²) in [4.78, 5) is 0. The zero-order valence-corrected chi connectivity index (χ0v) is 10.6. The van der Waals surface area contributed by atoms with Gasteiger partial charge in [0.15, 0.2) is 0 Å². The van der Waals surface area contributed by atoms with Crippen molar-refractivity contribution >= 4 is 0 Å². The summed E-state index contributed by atoms with van der Waals surface area (Å²) >= 11 is 0. The second kappa shape index (κ2) is 8.20. The van der Waals surface area contributed by atoms with Crippen LogP contribution in [0.4, 0.5) is 0 Å². The summed E-state index contributed by atoms with van der Waals surface area (Å²) in [5.41, 5.74) is 0. The third kappa shape index (κ3) is 5.20. The Labute approximate surface area is 99.8 Å². The van der Waals surface area contributed by atoms with Crippen molar-refractivity contribution in [1.82, 2.24) is 0 Å². The minimum atomic E-state index is 0.469. The molecule has 0 heterocycles. The van der Waals surface area contributed by atoms with Gasteiger partial charge in [0.25, 0.3) is 0 Å². The maximum Gasteiger partial charge on any atom is 0.119 e. The molecule has 1 fully saturated rings. The predicted octanol–water partition coefficient (Wildman–Crippen LogP) is 4.81. The highest BCUT2D eigenvalue weighted by Crippen LogP contribution is 2.22. The second-order valence-corrected chi connectivity index (χ2v) is 4.40. The third-order valence-corrected chi connectivity index (χ3v) is 2.60. The number of benzene rings is 1. The molecule has 0 atom stereocenters. The molecule has 0 spiro atoms. The van der Waals surface area contributed by atoms with E-state index in [2.05, 4.69) is 13.8 Å². The van der Waals surface area contributed by atoms with Gasteiger partial charge < -0.3 is 4.74 Å². The minimum absolute atomic E-state index is 0.469. The van der Waals surface area contributed by atoms with Gasteiger partial charge in [0, 0.05) is 0 Å². The Morgan fingerprint density at radius 1 is 1.00 bits per heavy atom. The fourth-order valence-electron chi connectivity index (χ4n) is 1.87. The summed E-state index contributed by atoms with van der Waals surface area (Å²) in [6.45, 7) is 4.25. The van der Waals surface area contributed by atoms with Gasteiger partial charge in [-0.25, -0.2) is 0 Å². The Kier molecular flexibility index (Phi) is 6.71. The summed E-state index contributed by atoms with van der Waals surface area (Å²) < 4.78 is 5.86. The van der Waals surface area contributed by atoms with Crippen LogP contribution in [0.1, 0.15) is 52.4 Å². The highest BCUT2D eigenvalue weighted by atomic mass is 16.5. The zero-order valence-electron chi connectivity index (χ0n) is 10.6. The quantitative estimate of drug-likeness (QED) is 0.694. The topological polar surface area (TPSA) is 9.23 Å². The molecular formula is C15H24O. The molecule has 16 heavy (non-hydrogen) atoms. The van der Waals surface area contributed by atoms with E-state index in [0.29, 0.717) is 6.10 Å². The third-order valence-electron chi connectivity index (χ3n) is 2.60. The van der Waals surface area contributed by atoms with Crippen LogP contribution < -0.4 is 4.74 Å². The fourth-order valence-corrected chi connectivity index (χ4v) is 1.87. The molecule has 1 heteroatoms. The zero-order chi connectivity index (χ0) is 11.6. The maximum absolute atomic E-state index is 5.86. The van der Waals surface area contributed by atoms with Crippen molar-refractivity contribution < 1.29 is 4.74 Å². The molecule has 0 radical (unpaired) electrons. The summed E-state index contributed by atoms with van der Waals surface area (Å²) in [5.74, 6) is 1.02. The van der Waals surface area contributed by atoms with Crippen LogP contribution in [0, 0.1) is 0 Å². The SMILES string of the molecule is CCC.c1ccc(OC2CCCCC2)cc1. The molecule has 1 aromatic rings. The molecule has 0 saturated heterocycles. The van der Waals surface area contributed by atoms with Gasteiger partial charge in [0.2, 0.25) is 0 Å². The van der Waals surface area contributed by atoms with Gasteiger partial charge in [0.1, 0.15) is 5.75 Å². The Bertz CT molecular complexity index is 249. The van der Waals surface area contributed by atoms with Crippen LogP contribution in [0.2, 0.25) is 0 Å². The van der Waals surface area contributed by atoms with Crippen molar-refractivity contribution in [2.24, 2.45) is 0 Å². The average molecular weight is 220 g/mol. The first-order chi connectivity index (χ1) is 7.86. The molecule has 1 aliphatic carbocycles. The van der Waals surface area contributed by atoms with Crippen molar-refractivity contribution in [3.63, 3.8) is 0 Å². The molecule has 0 aliphatic heterocycles. The molecule has 0 unspecified atom stereocenters. The molecule has 0 bridgehead atoms. The van der Waals surface area contributed by atoms with E-state index >= 15 is 0 Å². The molecule has 90 valence electrons. The van der Waals surface area contributed by atoms with Gasteiger partial charge in [0.05, 0.1) is 6.10 Å². The monoisotopic (exact) mass is 220 g/mol. The largest absolute Gasteiger partial charge is 0.490 e. The molecule has 1 aliphatic rings. The average Bonchev–Trinajstić information content (AvgIpc) is 2.33. The van der Waals surface area contributed by atoms with Gasteiger partial charge in [-0.3, -0.25) is 0 Å². The predicted molar refractivity (Wildman–Crippen MR) is 69.9 cm³/mol. The van der Waals surface area contributed by atoms with Gasteiger partial charge in [-0.15, -0.1) is 0 Å². The first kappa shape index (κ1) is 13.1. The fraction of sp³-hybridized carbons (Fsp3) is 0.600. The maximum atomic E-state index is 5.86. The van der Waals surface area contributed by atoms with Crippen LogP contribution in [0.5, 0.6) is 5.75 Å². The van der Waals surface area contributed by atoms with E-state index < -0.39 is 0 Å². The van der Waals surface area contributed by atoms with Crippen LogP contribution >= 0.6 is 0 Å². The number of ether oxygens (including phenoxy) is 1. The Morgan fingerprint density at radius 2 is 1.56 bits per heavy atom. The summed E-state index contributed by atoms with van der Waals surface area (Å²) in [6.07, 6.45) is 8.23. The van der Waals surface area contributed by atoms with Crippen molar-refractivity contribution in [3.8, 4) is 5.75 Å². The standard InChI is InChI=1S/C12H16O.C3H8/c1-3-7-11(8-4-1)13-12-9-5-2-6-10-12;1-3-2/h1,3-4,7-8,12H,2,5-6,9-10H2;3H2,1-2H3. The van der Waals surface area contributed by atoms with Crippen LogP contribution in [-0.2, 0) is 0 Å². The number of para-hydroxylation sites is 1. The van der Waals surface area contributed by atoms with E-state index in [-0.39, 0.29) is 0 Å². The van der Waals surface area contributed by atoms with Crippen LogP contribution in [0.25, 0.3) is 0 Å². The molecule has 1 nitrogen and oxygen atoms in total. The van der Waals surface area contributed by atoms with Gasteiger partial charge in [-0.05, 0) is 37.8 Å². The lowest BCUT2D eigenvalue weighted by Crippen LogP contribution is -2.19. The lowest BCUT2D eigenvalue weighted by Gasteiger charge is -2.22. The lowest BCUT2D eigenvalue weighted by molar-refractivity contribution is 0.155. The van der Waals surface area contributed by atoms with Gasteiger partial charge in [-0.2, -0.15) is 0 Å². The molecule has 0 N–H and O–H groups in total. The first-order valence-electron chi connectivity index (χ1n) is 6.58. The number of hydrogen-bond donors (Lipinski definition) is 0. The Balaban J connectivity index is 0.000000386. The highest BCUT2D eigenvalue weighted by molar-refractivity contribution is 5.21. The Morgan fingerprint density at radius 3 is 2.12 bits per heavy atom. The van der Waals surface area contributed by atoms with E-state index in [0.717, 1.165) is 5.75 Å². The van der Waals surface area contributed by atoms with E-state index in [1.807, 2.05) is 30.3 Å². The minimum Gasteiger partial charge on any atom is -0.490 e. The lowest BCUT2D eigenvalue weighted by atomic mass is 9.98. The molecular weight excluding hydrogens is 196 g/mol. The number of rotatable bonds is 2. The van der Waals surface area contributed by atoms with E-state index in [1.54, 1.807) is 0 Å². The summed E-state index contributed by atoms with van der Waals surface area (Å²) in [6, 6.07) is 10.1. The van der Waals surface area contributed by atoms with Gasteiger partial charge in [-0.1, -0.05) is 44.9 Å². The van der Waals surface area contributed by atoms with E-state index in [9.17, 15) is 0 Å². The summed E-state index contributed by atoms with van der Waals surface area (Å²) in [7, 11) is 0. The Hall–Kier alpha value is -0.980. The molecule has 0 amide bonds. The summed E-state index contributed by atoms with van der Waals surface area (Å²) in [5, 5.41) is 0. The van der Waals surface area contributed by atoms with Crippen molar-refractivity contribution in [2.75, 3.05) is 0 Å². The van der Waals surface area contributed by atoms with Crippen LogP contribution in [0.3, 0.4) is 0 Å². The molecule has 2 rings (SSSR count). The van der Waals surface area contributed by atoms with Crippen molar-refractivity contribution in [1.29, 1.82) is 0 Å². The highest BCUT2D eigenvalue weighted by Gasteiger charge is 2.14. The van der Waals surface area contributed by atoms with Gasteiger partial charge >= 0.3 is 0 Å². The normalized spacial score (nSPS) is 16.1. The van der Waals surface area contributed by atoms with E-state index in [1.165, 1.54) is 38.5 Å². The molecule has 0 aromatic heterocycles. The smallest absolute Gasteiger partial charge is 0.119 e. The van der Waals surface area contributed by atoms with Crippen molar-refractivity contribution in [3.05, 3.63) is 30.3 Å².